The van der Waals surface area contributed by atoms with E-state index in [-0.39, 0.29) is 17.5 Å². The molecule has 0 aliphatic rings. The molecule has 0 fully saturated rings. The fraction of sp³-hybridized carbons (Fsp3) is 0. The summed E-state index contributed by atoms with van der Waals surface area (Å²) in [5, 5.41) is 5.34. The maximum Gasteiger partial charge on any atom is 0.123 e. The van der Waals surface area contributed by atoms with Crippen LogP contribution in [0.2, 0.25) is 0 Å². The van der Waals surface area contributed by atoms with Gasteiger partial charge in [-0.15, -0.1) is 0 Å². The van der Waals surface area contributed by atoms with Crippen LogP contribution in [0.25, 0.3) is 39.2 Å². The van der Waals surface area contributed by atoms with Crippen LogP contribution in [0.4, 0.5) is 13.2 Å². The van der Waals surface area contributed by atoms with Crippen LogP contribution in [0.3, 0.4) is 0 Å². The summed E-state index contributed by atoms with van der Waals surface area (Å²) in [4.78, 5) is 4.65. The van der Waals surface area contributed by atoms with Gasteiger partial charge in [0.25, 0.3) is 0 Å². The van der Waals surface area contributed by atoms with E-state index in [2.05, 4.69) is 10.1 Å². The highest BCUT2D eigenvalue weighted by Crippen LogP contribution is 2.29. The summed E-state index contributed by atoms with van der Waals surface area (Å²) in [5.74, 6) is -1.01. The molecule has 0 spiro atoms. The average Bonchev–Trinajstić information content (AvgIpc) is 3.20. The van der Waals surface area contributed by atoms with E-state index in [9.17, 15) is 13.2 Å². The average molecular weight is 401 g/mol. The third-order valence-electron chi connectivity index (χ3n) is 4.83. The zero-order chi connectivity index (χ0) is 20.7. The van der Waals surface area contributed by atoms with Gasteiger partial charge in [-0.2, -0.15) is 5.10 Å². The van der Waals surface area contributed by atoms with Crippen molar-refractivity contribution in [1.82, 2.24) is 14.8 Å². The Kier molecular flexibility index (Phi) is 4.32. The molecule has 0 amide bonds. The molecule has 5 rings (SSSR count). The van der Waals surface area contributed by atoms with E-state index in [1.807, 2.05) is 6.07 Å². The predicted octanol–water partition coefficient (Wildman–Crippen LogP) is 6.17. The highest BCUT2D eigenvalue weighted by Gasteiger charge is 2.15. The number of aromatic nitrogens is 3. The topological polar surface area (TPSA) is 30.7 Å². The normalized spacial score (nSPS) is 11.2. The van der Waals surface area contributed by atoms with Crippen molar-refractivity contribution in [1.29, 1.82) is 0 Å². The summed E-state index contributed by atoms with van der Waals surface area (Å²) in [7, 11) is 0. The molecule has 146 valence electrons. The number of pyridine rings is 1. The fourth-order valence-corrected chi connectivity index (χ4v) is 3.34. The molecule has 0 aliphatic heterocycles. The molecule has 3 nitrogen and oxygen atoms in total. The van der Waals surface area contributed by atoms with Gasteiger partial charge in [-0.05, 0) is 78.9 Å². The maximum absolute atomic E-state index is 13.5. The van der Waals surface area contributed by atoms with E-state index in [1.54, 1.807) is 47.1 Å². The maximum atomic E-state index is 13.5. The molecule has 6 heteroatoms. The molecule has 3 aromatic carbocycles. The van der Waals surface area contributed by atoms with E-state index < -0.39 is 0 Å². The first-order chi connectivity index (χ1) is 14.6. The Morgan fingerprint density at radius 1 is 0.600 bits per heavy atom. The lowest BCUT2D eigenvalue weighted by atomic mass is 10.1. The zero-order valence-electron chi connectivity index (χ0n) is 15.6. The molecule has 30 heavy (non-hydrogen) atoms. The number of hydrogen-bond acceptors (Lipinski definition) is 2. The number of nitrogens with zero attached hydrogens (tertiary/aromatic N) is 3. The number of halogens is 3. The van der Waals surface area contributed by atoms with Crippen molar-refractivity contribution in [2.24, 2.45) is 0 Å². The first-order valence-corrected chi connectivity index (χ1v) is 9.25. The van der Waals surface area contributed by atoms with Crippen LogP contribution in [0.15, 0.2) is 84.9 Å². The molecular weight excluding hydrogens is 387 g/mol. The van der Waals surface area contributed by atoms with Gasteiger partial charge in [-0.3, -0.25) is 0 Å². The molecule has 0 N–H and O–H groups in total. The Labute approximate surface area is 170 Å². The molecule has 0 aliphatic carbocycles. The SMILES string of the molecule is Fc1ccc(-c2cc(-c3ccc4cc(F)ccc4n3)n(-c3ccc(F)cc3)n2)cc1. The second-order valence-electron chi connectivity index (χ2n) is 6.84. The van der Waals surface area contributed by atoms with E-state index in [1.165, 1.54) is 36.4 Å². The van der Waals surface area contributed by atoms with E-state index in [0.717, 1.165) is 5.56 Å². The van der Waals surface area contributed by atoms with Crippen LogP contribution in [0, 0.1) is 17.5 Å². The van der Waals surface area contributed by atoms with Crippen molar-refractivity contribution in [3.63, 3.8) is 0 Å². The monoisotopic (exact) mass is 401 g/mol. The van der Waals surface area contributed by atoms with Gasteiger partial charge in [0.05, 0.1) is 28.3 Å². The minimum atomic E-state index is -0.350. The van der Waals surface area contributed by atoms with Crippen LogP contribution < -0.4 is 0 Å². The van der Waals surface area contributed by atoms with Gasteiger partial charge in [0.1, 0.15) is 17.5 Å². The van der Waals surface area contributed by atoms with E-state index >= 15 is 0 Å². The van der Waals surface area contributed by atoms with E-state index in [0.29, 0.717) is 33.7 Å². The Morgan fingerprint density at radius 2 is 1.27 bits per heavy atom. The van der Waals surface area contributed by atoms with Crippen LogP contribution in [0.5, 0.6) is 0 Å². The van der Waals surface area contributed by atoms with Gasteiger partial charge in [0.15, 0.2) is 0 Å². The van der Waals surface area contributed by atoms with Crippen molar-refractivity contribution >= 4 is 10.9 Å². The predicted molar refractivity (Wildman–Crippen MR) is 110 cm³/mol. The smallest absolute Gasteiger partial charge is 0.123 e. The van der Waals surface area contributed by atoms with Gasteiger partial charge in [-0.25, -0.2) is 22.8 Å². The van der Waals surface area contributed by atoms with Crippen molar-refractivity contribution in [3.05, 3.63) is 102 Å². The summed E-state index contributed by atoms with van der Waals surface area (Å²) in [6, 6.07) is 21.8. The summed E-state index contributed by atoms with van der Waals surface area (Å²) in [5.41, 5.74) is 3.95. The minimum Gasteiger partial charge on any atom is -0.246 e. The molecule has 0 unspecified atom stereocenters. The van der Waals surface area contributed by atoms with Crippen LogP contribution in [-0.4, -0.2) is 14.8 Å². The fourth-order valence-electron chi connectivity index (χ4n) is 3.34. The van der Waals surface area contributed by atoms with Gasteiger partial charge in [-0.1, -0.05) is 6.07 Å². The number of fused-ring (bicyclic) bond motifs is 1. The summed E-state index contributed by atoms with van der Waals surface area (Å²) in [6.07, 6.45) is 0. The molecular formula is C24H14F3N3. The molecule has 0 radical (unpaired) electrons. The third kappa shape index (κ3) is 3.33. The molecule has 2 heterocycles. The Balaban J connectivity index is 1.70. The molecule has 0 atom stereocenters. The molecule has 0 saturated carbocycles. The second kappa shape index (κ2) is 7.15. The lowest BCUT2D eigenvalue weighted by molar-refractivity contribution is 0.627. The quantitative estimate of drug-likeness (QED) is 0.362. The van der Waals surface area contributed by atoms with Crippen LogP contribution >= 0.6 is 0 Å². The summed E-state index contributed by atoms with van der Waals surface area (Å²) >= 11 is 0. The third-order valence-corrected chi connectivity index (χ3v) is 4.83. The number of benzene rings is 3. The van der Waals surface area contributed by atoms with Crippen molar-refractivity contribution in [2.45, 2.75) is 0 Å². The summed E-state index contributed by atoms with van der Waals surface area (Å²) in [6.45, 7) is 0. The standard InChI is InChI=1S/C24H14F3N3/c25-17-4-1-15(2-5-17)23-14-24(30(29-23)20-9-6-18(26)7-10-20)22-11-3-16-13-19(27)8-12-21(16)28-22/h1-14H. The van der Waals surface area contributed by atoms with Gasteiger partial charge < -0.3 is 0 Å². The Bertz CT molecular complexity index is 1360. The largest absolute Gasteiger partial charge is 0.246 e. The molecule has 0 bridgehead atoms. The van der Waals surface area contributed by atoms with Gasteiger partial charge in [0.2, 0.25) is 0 Å². The Morgan fingerprint density at radius 3 is 2.00 bits per heavy atom. The van der Waals surface area contributed by atoms with Crippen molar-refractivity contribution in [2.75, 3.05) is 0 Å². The minimum absolute atomic E-state index is 0.327. The molecule has 5 aromatic rings. The summed E-state index contributed by atoms with van der Waals surface area (Å²) < 4.78 is 41.9. The van der Waals surface area contributed by atoms with Crippen molar-refractivity contribution in [3.8, 4) is 28.3 Å². The lowest BCUT2D eigenvalue weighted by Gasteiger charge is -2.08. The van der Waals surface area contributed by atoms with Crippen molar-refractivity contribution < 1.29 is 13.2 Å². The Hall–Kier alpha value is -3.93. The number of hydrogen-bond donors (Lipinski definition) is 0. The van der Waals surface area contributed by atoms with Gasteiger partial charge >= 0.3 is 0 Å². The zero-order valence-corrected chi connectivity index (χ0v) is 15.6. The molecule has 2 aromatic heterocycles. The first kappa shape index (κ1) is 18.1. The highest BCUT2D eigenvalue weighted by atomic mass is 19.1. The first-order valence-electron chi connectivity index (χ1n) is 9.25. The van der Waals surface area contributed by atoms with Crippen LogP contribution in [0.1, 0.15) is 0 Å². The number of rotatable bonds is 3. The van der Waals surface area contributed by atoms with Gasteiger partial charge in [0, 0.05) is 10.9 Å². The molecule has 0 saturated heterocycles. The highest BCUT2D eigenvalue weighted by molar-refractivity contribution is 5.82. The second-order valence-corrected chi connectivity index (χ2v) is 6.84. The van der Waals surface area contributed by atoms with E-state index in [4.69, 9.17) is 0 Å². The lowest BCUT2D eigenvalue weighted by Crippen LogP contribution is -2.00. The van der Waals surface area contributed by atoms with Crippen LogP contribution in [-0.2, 0) is 0 Å².